The molecule has 1 aromatic rings. The maximum atomic E-state index is 10.3. The molecule has 1 heterocycles. The summed E-state index contributed by atoms with van der Waals surface area (Å²) in [5.74, 6) is 0.0848. The van der Waals surface area contributed by atoms with Crippen LogP contribution in [-0.2, 0) is 6.54 Å². The van der Waals surface area contributed by atoms with Crippen LogP contribution in [0, 0.1) is 10.1 Å². The normalized spacial score (nSPS) is 10.3. The van der Waals surface area contributed by atoms with Gasteiger partial charge in [0.2, 0.25) is 0 Å². The molecule has 0 atom stereocenters. The summed E-state index contributed by atoms with van der Waals surface area (Å²) >= 11 is 8.52. The third-order valence-electron chi connectivity index (χ3n) is 1.28. The van der Waals surface area contributed by atoms with Crippen molar-refractivity contribution in [2.45, 2.75) is 13.0 Å². The van der Waals surface area contributed by atoms with Gasteiger partial charge in [0.05, 0.1) is 6.54 Å². The van der Waals surface area contributed by atoms with Gasteiger partial charge >= 0.3 is 5.95 Å². The van der Waals surface area contributed by atoms with Gasteiger partial charge in [-0.2, -0.15) is 4.68 Å². The first-order valence-electron chi connectivity index (χ1n) is 3.46. The Morgan fingerprint density at radius 3 is 2.85 bits per heavy atom. The van der Waals surface area contributed by atoms with Crippen molar-refractivity contribution in [3.63, 3.8) is 0 Å². The molecule has 0 saturated heterocycles. The first kappa shape index (κ1) is 10.4. The molecule has 0 unspecified atom stereocenters. The monoisotopic (exact) mass is 268 g/mol. The summed E-state index contributed by atoms with van der Waals surface area (Å²) in [5, 5.41) is 13.9. The Balaban J connectivity index is 2.77. The van der Waals surface area contributed by atoms with Gasteiger partial charge in [-0.1, -0.05) is 0 Å². The van der Waals surface area contributed by atoms with Crippen molar-refractivity contribution in [2.75, 3.05) is 5.88 Å². The summed E-state index contributed by atoms with van der Waals surface area (Å²) in [5.41, 5.74) is 0. The summed E-state index contributed by atoms with van der Waals surface area (Å²) in [6.07, 6.45) is 0.695. The van der Waals surface area contributed by atoms with Gasteiger partial charge in [0.15, 0.2) is 0 Å². The summed E-state index contributed by atoms with van der Waals surface area (Å²) in [4.78, 5) is 13.2. The number of aryl methyl sites for hydroxylation is 1. The molecular weight excluding hydrogens is 263 g/mol. The lowest BCUT2D eigenvalue weighted by Crippen LogP contribution is -2.01. The Hall–Kier alpha value is -0.690. The quantitative estimate of drug-likeness (QED) is 0.472. The van der Waals surface area contributed by atoms with E-state index in [-0.39, 0.29) is 0 Å². The summed E-state index contributed by atoms with van der Waals surface area (Å²) < 4.78 is 1.75. The van der Waals surface area contributed by atoms with Crippen LogP contribution in [0.25, 0.3) is 0 Å². The van der Waals surface area contributed by atoms with Crippen LogP contribution < -0.4 is 0 Å². The van der Waals surface area contributed by atoms with Crippen LogP contribution in [0.4, 0.5) is 5.95 Å². The number of nitrogens with zero attached hydrogens (tertiary/aromatic N) is 4. The average molecular weight is 269 g/mol. The van der Waals surface area contributed by atoms with E-state index >= 15 is 0 Å². The lowest BCUT2D eigenvalue weighted by Gasteiger charge is -1.92. The highest BCUT2D eigenvalue weighted by molar-refractivity contribution is 9.10. The van der Waals surface area contributed by atoms with Gasteiger partial charge in [-0.15, -0.1) is 11.6 Å². The molecule has 0 bridgehead atoms. The first-order valence-corrected chi connectivity index (χ1v) is 4.78. The van der Waals surface area contributed by atoms with Gasteiger partial charge in [-0.25, -0.2) is 0 Å². The molecule has 0 saturated carbocycles. The van der Waals surface area contributed by atoms with E-state index in [1.807, 2.05) is 0 Å². The molecular formula is C5H6BrClN4O2. The molecule has 0 amide bonds. The van der Waals surface area contributed by atoms with E-state index in [1.165, 1.54) is 4.68 Å². The molecule has 8 heteroatoms. The van der Waals surface area contributed by atoms with Crippen molar-refractivity contribution in [3.8, 4) is 0 Å². The van der Waals surface area contributed by atoms with Crippen LogP contribution in [-0.4, -0.2) is 25.6 Å². The number of nitro groups is 1. The maximum absolute atomic E-state index is 10.3. The SMILES string of the molecule is O=[N+]([O-])c1nc(Br)n(CCCCl)n1. The molecule has 0 spiro atoms. The highest BCUT2D eigenvalue weighted by atomic mass is 79.9. The van der Waals surface area contributed by atoms with Gasteiger partial charge in [0, 0.05) is 26.9 Å². The van der Waals surface area contributed by atoms with Gasteiger partial charge < -0.3 is 10.1 Å². The second-order valence-corrected chi connectivity index (χ2v) is 3.29. The van der Waals surface area contributed by atoms with Crippen LogP contribution in [0.5, 0.6) is 0 Å². The lowest BCUT2D eigenvalue weighted by atomic mass is 10.5. The third-order valence-corrected chi connectivity index (χ3v) is 2.14. The standard InChI is InChI=1S/C5H6BrClN4O2/c6-4-8-5(11(12)13)9-10(4)3-1-2-7/h1-3H2. The Bertz CT molecular complexity index is 315. The largest absolute Gasteiger partial charge is 0.492 e. The Morgan fingerprint density at radius 1 is 1.69 bits per heavy atom. The van der Waals surface area contributed by atoms with E-state index < -0.39 is 10.9 Å². The molecule has 72 valence electrons. The molecule has 6 nitrogen and oxygen atoms in total. The zero-order valence-corrected chi connectivity index (χ0v) is 8.82. The molecule has 13 heavy (non-hydrogen) atoms. The van der Waals surface area contributed by atoms with Crippen molar-refractivity contribution >= 4 is 33.5 Å². The van der Waals surface area contributed by atoms with E-state index in [1.54, 1.807) is 0 Å². The van der Waals surface area contributed by atoms with Crippen LogP contribution in [0.15, 0.2) is 4.73 Å². The maximum Gasteiger partial charge on any atom is 0.492 e. The number of aromatic nitrogens is 3. The Labute approximate surface area is 87.2 Å². The van der Waals surface area contributed by atoms with Gasteiger partial charge in [-0.3, -0.25) is 0 Å². The average Bonchev–Trinajstić information content (AvgIpc) is 2.44. The number of hydrogen-bond donors (Lipinski definition) is 0. The molecule has 1 aromatic heterocycles. The minimum absolute atomic E-state index is 0.351. The topological polar surface area (TPSA) is 73.8 Å². The zero-order valence-electron chi connectivity index (χ0n) is 6.48. The van der Waals surface area contributed by atoms with Crippen LogP contribution in [0.1, 0.15) is 6.42 Å². The highest BCUT2D eigenvalue weighted by Crippen LogP contribution is 2.12. The fourth-order valence-electron chi connectivity index (χ4n) is 0.741. The molecule has 0 aliphatic carbocycles. The fraction of sp³-hybridized carbons (Fsp3) is 0.600. The van der Waals surface area contributed by atoms with E-state index in [2.05, 4.69) is 26.0 Å². The molecule has 0 aliphatic rings. The zero-order chi connectivity index (χ0) is 9.84. The third kappa shape index (κ3) is 2.63. The second-order valence-electron chi connectivity index (χ2n) is 2.20. The predicted octanol–water partition coefficient (Wildman–Crippen LogP) is 1.58. The van der Waals surface area contributed by atoms with Crippen LogP contribution in [0.3, 0.4) is 0 Å². The van der Waals surface area contributed by atoms with Crippen molar-refractivity contribution in [2.24, 2.45) is 0 Å². The molecule has 0 aliphatic heterocycles. The minimum Gasteiger partial charge on any atom is -0.390 e. The van der Waals surface area contributed by atoms with E-state index in [9.17, 15) is 10.1 Å². The fourth-order valence-corrected chi connectivity index (χ4v) is 1.28. The summed E-state index contributed by atoms with van der Waals surface area (Å²) in [6.45, 7) is 0.519. The van der Waals surface area contributed by atoms with Gasteiger partial charge in [0.1, 0.15) is 0 Å². The van der Waals surface area contributed by atoms with E-state index in [0.29, 0.717) is 23.6 Å². The summed E-state index contributed by atoms with van der Waals surface area (Å²) in [7, 11) is 0. The number of alkyl halides is 1. The minimum atomic E-state index is -0.637. The van der Waals surface area contributed by atoms with Crippen LogP contribution >= 0.6 is 27.5 Å². The van der Waals surface area contributed by atoms with E-state index in [4.69, 9.17) is 11.6 Å². The van der Waals surface area contributed by atoms with Crippen molar-refractivity contribution in [3.05, 3.63) is 14.8 Å². The molecule has 1 rings (SSSR count). The highest BCUT2D eigenvalue weighted by Gasteiger charge is 2.18. The molecule has 0 radical (unpaired) electrons. The Morgan fingerprint density at radius 2 is 2.38 bits per heavy atom. The number of halogens is 2. The Kier molecular flexibility index (Phi) is 3.61. The van der Waals surface area contributed by atoms with Crippen LogP contribution in [0.2, 0.25) is 0 Å². The summed E-state index contributed by atoms with van der Waals surface area (Å²) in [6, 6.07) is 0. The molecule has 0 N–H and O–H groups in total. The van der Waals surface area contributed by atoms with E-state index in [0.717, 1.165) is 0 Å². The number of rotatable bonds is 4. The van der Waals surface area contributed by atoms with Crippen molar-refractivity contribution < 1.29 is 4.92 Å². The van der Waals surface area contributed by atoms with Crippen molar-refractivity contribution in [1.29, 1.82) is 0 Å². The van der Waals surface area contributed by atoms with Gasteiger partial charge in [-0.05, 0) is 16.3 Å². The molecule has 0 aromatic carbocycles. The first-order chi connectivity index (χ1) is 6.15. The van der Waals surface area contributed by atoms with Crippen molar-refractivity contribution in [1.82, 2.24) is 14.8 Å². The predicted molar refractivity (Wildman–Crippen MR) is 49.7 cm³/mol. The smallest absolute Gasteiger partial charge is 0.390 e. The lowest BCUT2D eigenvalue weighted by molar-refractivity contribution is -0.394. The number of hydrogen-bond acceptors (Lipinski definition) is 4. The molecule has 0 fully saturated rings. The second kappa shape index (κ2) is 4.52. The van der Waals surface area contributed by atoms with Gasteiger partial charge in [0.25, 0.3) is 4.73 Å².